The SMILES string of the molecule is OC[C@H]1C[C@@H]2C[C@@H](O)[C@@]1(O)CN2. The van der Waals surface area contributed by atoms with Gasteiger partial charge in [-0.05, 0) is 12.8 Å². The summed E-state index contributed by atoms with van der Waals surface area (Å²) in [5.74, 6) is -0.160. The summed E-state index contributed by atoms with van der Waals surface area (Å²) in [7, 11) is 0. The van der Waals surface area contributed by atoms with E-state index >= 15 is 0 Å². The fraction of sp³-hybridized carbons (Fsp3) is 1.00. The average Bonchev–Trinajstić information content (AvgIpc) is 2.07. The molecule has 2 aliphatic heterocycles. The molecular weight excluding hydrogens is 158 g/mol. The zero-order valence-electron chi connectivity index (χ0n) is 6.90. The van der Waals surface area contributed by atoms with Crippen LogP contribution in [-0.2, 0) is 0 Å². The Labute approximate surface area is 71.2 Å². The number of rotatable bonds is 1. The van der Waals surface area contributed by atoms with Crippen LogP contribution in [0, 0.1) is 5.92 Å². The van der Waals surface area contributed by atoms with E-state index in [0.29, 0.717) is 13.0 Å². The molecule has 0 aromatic rings. The molecule has 2 heterocycles. The van der Waals surface area contributed by atoms with Crippen molar-refractivity contribution in [2.45, 2.75) is 30.6 Å². The minimum atomic E-state index is -1.09. The minimum Gasteiger partial charge on any atom is -0.396 e. The average molecular weight is 173 g/mol. The number of piperidine rings is 2. The molecule has 0 unspecified atom stereocenters. The van der Waals surface area contributed by atoms with Crippen molar-refractivity contribution in [3.63, 3.8) is 0 Å². The highest BCUT2D eigenvalue weighted by Gasteiger charge is 2.52. The Balaban J connectivity index is 2.20. The van der Waals surface area contributed by atoms with Crippen LogP contribution in [0.3, 0.4) is 0 Å². The zero-order valence-corrected chi connectivity index (χ0v) is 6.90. The van der Waals surface area contributed by atoms with E-state index in [0.717, 1.165) is 6.42 Å². The Kier molecular flexibility index (Phi) is 1.88. The maximum atomic E-state index is 9.97. The Morgan fingerprint density at radius 3 is 2.67 bits per heavy atom. The van der Waals surface area contributed by atoms with E-state index in [-0.39, 0.29) is 18.6 Å². The van der Waals surface area contributed by atoms with E-state index in [1.165, 1.54) is 0 Å². The summed E-state index contributed by atoms with van der Waals surface area (Å²) in [6.07, 6.45) is 0.700. The first-order valence-corrected chi connectivity index (χ1v) is 4.41. The molecule has 2 saturated heterocycles. The highest BCUT2D eigenvalue weighted by Crippen LogP contribution is 2.37. The number of aliphatic hydroxyl groups excluding tert-OH is 2. The van der Waals surface area contributed by atoms with Gasteiger partial charge in [-0.25, -0.2) is 0 Å². The van der Waals surface area contributed by atoms with Gasteiger partial charge >= 0.3 is 0 Å². The Bertz CT molecular complexity index is 187. The topological polar surface area (TPSA) is 72.7 Å². The van der Waals surface area contributed by atoms with Crippen molar-refractivity contribution in [3.05, 3.63) is 0 Å². The number of aliphatic hydroxyl groups is 3. The second-order valence-corrected chi connectivity index (χ2v) is 3.94. The van der Waals surface area contributed by atoms with E-state index < -0.39 is 11.7 Å². The molecule has 4 N–H and O–H groups in total. The van der Waals surface area contributed by atoms with Gasteiger partial charge in [0.2, 0.25) is 0 Å². The van der Waals surface area contributed by atoms with Gasteiger partial charge in [0.1, 0.15) is 5.60 Å². The highest BCUT2D eigenvalue weighted by atomic mass is 16.3. The highest BCUT2D eigenvalue weighted by molar-refractivity contribution is 5.06. The van der Waals surface area contributed by atoms with Gasteiger partial charge in [-0.1, -0.05) is 0 Å². The predicted molar refractivity (Wildman–Crippen MR) is 42.6 cm³/mol. The van der Waals surface area contributed by atoms with Gasteiger partial charge in [0.25, 0.3) is 0 Å². The van der Waals surface area contributed by atoms with Crippen molar-refractivity contribution in [2.75, 3.05) is 13.2 Å². The maximum Gasteiger partial charge on any atom is 0.108 e. The second-order valence-electron chi connectivity index (χ2n) is 3.94. The third-order valence-corrected chi connectivity index (χ3v) is 3.26. The van der Waals surface area contributed by atoms with Gasteiger partial charge in [0, 0.05) is 25.1 Å². The third kappa shape index (κ3) is 0.992. The summed E-state index contributed by atoms with van der Waals surface area (Å²) in [4.78, 5) is 0. The molecule has 1 aliphatic carbocycles. The molecule has 2 bridgehead atoms. The number of nitrogens with one attached hydrogen (secondary N) is 1. The predicted octanol–water partition coefficient (Wildman–Crippen LogP) is -1.55. The molecule has 0 aromatic heterocycles. The van der Waals surface area contributed by atoms with Crippen molar-refractivity contribution in [2.24, 2.45) is 5.92 Å². The lowest BCUT2D eigenvalue weighted by Crippen LogP contribution is -2.68. The van der Waals surface area contributed by atoms with Crippen LogP contribution in [0.5, 0.6) is 0 Å². The largest absolute Gasteiger partial charge is 0.396 e. The summed E-state index contributed by atoms with van der Waals surface area (Å²) < 4.78 is 0. The van der Waals surface area contributed by atoms with Crippen molar-refractivity contribution in [1.29, 1.82) is 0 Å². The first kappa shape index (κ1) is 8.44. The summed E-state index contributed by atoms with van der Waals surface area (Å²) >= 11 is 0. The molecule has 4 atom stereocenters. The summed E-state index contributed by atoms with van der Waals surface area (Å²) in [6.45, 7) is 0.371. The first-order chi connectivity index (χ1) is 5.66. The molecule has 3 aliphatic rings. The molecular formula is C8H15NO3. The van der Waals surface area contributed by atoms with Gasteiger partial charge in [0.05, 0.1) is 6.10 Å². The van der Waals surface area contributed by atoms with Crippen LogP contribution >= 0.6 is 0 Å². The second kappa shape index (κ2) is 2.67. The Morgan fingerprint density at radius 1 is 1.42 bits per heavy atom. The van der Waals surface area contributed by atoms with Gasteiger partial charge in [-0.2, -0.15) is 0 Å². The monoisotopic (exact) mass is 173 g/mol. The summed E-state index contributed by atoms with van der Waals surface area (Å²) in [5, 5.41) is 31.7. The van der Waals surface area contributed by atoms with Crippen molar-refractivity contribution >= 4 is 0 Å². The van der Waals surface area contributed by atoms with Gasteiger partial charge in [-0.3, -0.25) is 0 Å². The first-order valence-electron chi connectivity index (χ1n) is 4.41. The fourth-order valence-electron chi connectivity index (χ4n) is 2.36. The van der Waals surface area contributed by atoms with Crippen molar-refractivity contribution in [3.8, 4) is 0 Å². The van der Waals surface area contributed by atoms with Crippen LogP contribution in [0.2, 0.25) is 0 Å². The van der Waals surface area contributed by atoms with E-state index in [2.05, 4.69) is 5.32 Å². The molecule has 0 aromatic carbocycles. The summed E-state index contributed by atoms with van der Waals surface area (Å²) in [5.41, 5.74) is -1.09. The van der Waals surface area contributed by atoms with Crippen molar-refractivity contribution < 1.29 is 15.3 Å². The molecule has 4 nitrogen and oxygen atoms in total. The molecule has 0 amide bonds. The van der Waals surface area contributed by atoms with Crippen LogP contribution in [0.15, 0.2) is 0 Å². The van der Waals surface area contributed by atoms with Crippen LogP contribution in [0.4, 0.5) is 0 Å². The normalized spacial score (nSPS) is 52.8. The molecule has 1 saturated carbocycles. The van der Waals surface area contributed by atoms with Gasteiger partial charge in [0.15, 0.2) is 0 Å². The quantitative estimate of drug-likeness (QED) is 0.387. The van der Waals surface area contributed by atoms with E-state index in [1.54, 1.807) is 0 Å². The van der Waals surface area contributed by atoms with Gasteiger partial charge in [-0.15, -0.1) is 0 Å². The van der Waals surface area contributed by atoms with E-state index in [9.17, 15) is 10.2 Å². The van der Waals surface area contributed by atoms with Gasteiger partial charge < -0.3 is 20.6 Å². The third-order valence-electron chi connectivity index (χ3n) is 3.26. The fourth-order valence-corrected chi connectivity index (χ4v) is 2.36. The Hall–Kier alpha value is -0.160. The van der Waals surface area contributed by atoms with Crippen LogP contribution < -0.4 is 5.32 Å². The summed E-state index contributed by atoms with van der Waals surface area (Å²) in [6, 6.07) is 0.270. The number of hydrogen-bond acceptors (Lipinski definition) is 4. The molecule has 3 rings (SSSR count). The molecule has 12 heavy (non-hydrogen) atoms. The van der Waals surface area contributed by atoms with Crippen LogP contribution in [0.25, 0.3) is 0 Å². The lowest BCUT2D eigenvalue weighted by molar-refractivity contribution is -0.174. The number of hydrogen-bond donors (Lipinski definition) is 4. The van der Waals surface area contributed by atoms with E-state index in [1.807, 2.05) is 0 Å². The Morgan fingerprint density at radius 2 is 2.17 bits per heavy atom. The maximum absolute atomic E-state index is 9.97. The van der Waals surface area contributed by atoms with Crippen LogP contribution in [0.1, 0.15) is 12.8 Å². The lowest BCUT2D eigenvalue weighted by atomic mass is 9.68. The van der Waals surface area contributed by atoms with Crippen molar-refractivity contribution in [1.82, 2.24) is 5.32 Å². The molecule has 3 fully saturated rings. The van der Waals surface area contributed by atoms with Crippen LogP contribution in [-0.4, -0.2) is 46.2 Å². The zero-order chi connectivity index (χ0) is 8.77. The molecule has 0 radical (unpaired) electrons. The van der Waals surface area contributed by atoms with E-state index in [4.69, 9.17) is 5.11 Å². The lowest BCUT2D eigenvalue weighted by Gasteiger charge is -2.51. The molecule has 4 heteroatoms. The number of fused-ring (bicyclic) bond motifs is 3. The standard InChI is InChI=1S/C8H15NO3/c10-3-5-1-6-2-7(11)8(5,12)4-9-6/h5-7,9-12H,1-4H2/t5-,6-,7-,8-/m1/s1. The minimum absolute atomic E-state index is 0.0360. The molecule has 0 spiro atoms. The molecule has 70 valence electrons. The smallest absolute Gasteiger partial charge is 0.108 e.